The van der Waals surface area contributed by atoms with Crippen LogP contribution in [-0.4, -0.2) is 41.5 Å². The number of hydrogen-bond acceptors (Lipinski definition) is 2. The topological polar surface area (TPSA) is 49.4 Å². The second-order valence-electron chi connectivity index (χ2n) is 4.59. The molecule has 1 fully saturated rings. The Morgan fingerprint density at radius 1 is 1.33 bits per heavy atom. The van der Waals surface area contributed by atoms with Crippen molar-refractivity contribution in [2.45, 2.75) is 51.4 Å². The first-order valence-corrected chi connectivity index (χ1v) is 5.87. The van der Waals surface area contributed by atoms with Gasteiger partial charge in [-0.1, -0.05) is 0 Å². The molecular formula is C11H17F3N2O2. The molecule has 1 heterocycles. The number of carbonyl (C=O) groups is 2. The molecule has 2 atom stereocenters. The van der Waals surface area contributed by atoms with E-state index in [1.54, 1.807) is 6.92 Å². The summed E-state index contributed by atoms with van der Waals surface area (Å²) >= 11 is 0. The van der Waals surface area contributed by atoms with Crippen LogP contribution in [0.15, 0.2) is 0 Å². The molecule has 0 aliphatic carbocycles. The monoisotopic (exact) mass is 266 g/mol. The first-order chi connectivity index (χ1) is 8.20. The van der Waals surface area contributed by atoms with Gasteiger partial charge < -0.3 is 10.2 Å². The van der Waals surface area contributed by atoms with E-state index in [0.29, 0.717) is 0 Å². The lowest BCUT2D eigenvalue weighted by Gasteiger charge is -2.28. The van der Waals surface area contributed by atoms with Crippen LogP contribution >= 0.6 is 0 Å². The zero-order valence-corrected chi connectivity index (χ0v) is 10.4. The number of nitrogens with one attached hydrogen (secondary N) is 1. The predicted octanol–water partition coefficient (Wildman–Crippen LogP) is 1.45. The molecule has 0 bridgehead atoms. The van der Waals surface area contributed by atoms with E-state index in [2.05, 4.69) is 5.32 Å². The van der Waals surface area contributed by atoms with E-state index in [-0.39, 0.29) is 37.2 Å². The summed E-state index contributed by atoms with van der Waals surface area (Å²) in [6.45, 7) is 3.23. The van der Waals surface area contributed by atoms with Gasteiger partial charge in [-0.25, -0.2) is 0 Å². The average Bonchev–Trinajstić information content (AvgIpc) is 2.28. The predicted molar refractivity (Wildman–Crippen MR) is 58.7 cm³/mol. The molecule has 0 aromatic heterocycles. The van der Waals surface area contributed by atoms with Gasteiger partial charge in [-0.05, 0) is 20.3 Å². The Balaban J connectivity index is 2.60. The third-order valence-electron chi connectivity index (χ3n) is 2.90. The first-order valence-electron chi connectivity index (χ1n) is 5.87. The van der Waals surface area contributed by atoms with E-state index < -0.39 is 18.6 Å². The molecule has 0 aromatic carbocycles. The van der Waals surface area contributed by atoms with Crippen LogP contribution in [0.25, 0.3) is 0 Å². The van der Waals surface area contributed by atoms with Crippen molar-refractivity contribution in [3.05, 3.63) is 0 Å². The van der Waals surface area contributed by atoms with Gasteiger partial charge in [0.15, 0.2) is 0 Å². The van der Waals surface area contributed by atoms with Crippen molar-refractivity contribution < 1.29 is 22.8 Å². The van der Waals surface area contributed by atoms with Gasteiger partial charge in [0, 0.05) is 25.4 Å². The fourth-order valence-corrected chi connectivity index (χ4v) is 1.99. The number of amides is 2. The summed E-state index contributed by atoms with van der Waals surface area (Å²) in [6, 6.07) is -1.04. The highest BCUT2D eigenvalue weighted by Gasteiger charge is 2.32. The summed E-state index contributed by atoms with van der Waals surface area (Å²) in [6.07, 6.45) is -5.14. The molecule has 2 amide bonds. The molecule has 0 aromatic rings. The van der Waals surface area contributed by atoms with Crippen LogP contribution in [0.2, 0.25) is 0 Å². The second-order valence-corrected chi connectivity index (χ2v) is 4.59. The van der Waals surface area contributed by atoms with Crippen molar-refractivity contribution in [2.75, 3.05) is 6.54 Å². The average molecular weight is 266 g/mol. The van der Waals surface area contributed by atoms with Gasteiger partial charge in [-0.2, -0.15) is 13.2 Å². The van der Waals surface area contributed by atoms with Crippen molar-refractivity contribution in [1.29, 1.82) is 0 Å². The Labute approximate surface area is 104 Å². The maximum atomic E-state index is 12.1. The number of hydrogen-bond donors (Lipinski definition) is 1. The van der Waals surface area contributed by atoms with Crippen molar-refractivity contribution in [1.82, 2.24) is 10.2 Å². The largest absolute Gasteiger partial charge is 0.389 e. The van der Waals surface area contributed by atoms with Crippen LogP contribution in [0, 0.1) is 0 Å². The number of rotatable bonds is 3. The number of carbonyl (C=O) groups excluding carboxylic acids is 2. The lowest BCUT2D eigenvalue weighted by Crippen LogP contribution is -2.45. The minimum absolute atomic E-state index is 0.0266. The number of alkyl halides is 3. The highest BCUT2D eigenvalue weighted by atomic mass is 19.4. The van der Waals surface area contributed by atoms with Gasteiger partial charge in [0.2, 0.25) is 11.8 Å². The van der Waals surface area contributed by atoms with E-state index in [4.69, 9.17) is 0 Å². The molecule has 2 unspecified atom stereocenters. The van der Waals surface area contributed by atoms with Gasteiger partial charge in [0.1, 0.15) is 6.04 Å². The molecular weight excluding hydrogens is 249 g/mol. The van der Waals surface area contributed by atoms with Gasteiger partial charge >= 0.3 is 6.18 Å². The minimum Gasteiger partial charge on any atom is -0.345 e. The summed E-state index contributed by atoms with van der Waals surface area (Å²) in [5.74, 6) is -0.572. The van der Waals surface area contributed by atoms with Crippen molar-refractivity contribution in [2.24, 2.45) is 0 Å². The highest BCUT2D eigenvalue weighted by Crippen LogP contribution is 2.22. The van der Waals surface area contributed by atoms with E-state index in [1.807, 2.05) is 0 Å². The minimum atomic E-state index is -4.21. The van der Waals surface area contributed by atoms with Crippen LogP contribution in [0.3, 0.4) is 0 Å². The Bertz CT molecular complexity index is 331. The highest BCUT2D eigenvalue weighted by molar-refractivity contribution is 5.90. The van der Waals surface area contributed by atoms with Crippen LogP contribution in [-0.2, 0) is 9.59 Å². The molecule has 104 valence electrons. The Morgan fingerprint density at radius 2 is 1.94 bits per heavy atom. The maximum Gasteiger partial charge on any atom is 0.389 e. The fourth-order valence-electron chi connectivity index (χ4n) is 1.99. The Kier molecular flexibility index (Phi) is 4.59. The lowest BCUT2D eigenvalue weighted by atomic mass is 10.1. The lowest BCUT2D eigenvalue weighted by molar-refractivity contribution is -0.142. The Morgan fingerprint density at radius 3 is 2.50 bits per heavy atom. The van der Waals surface area contributed by atoms with Crippen molar-refractivity contribution in [3.63, 3.8) is 0 Å². The summed E-state index contributed by atoms with van der Waals surface area (Å²) < 4.78 is 36.2. The van der Waals surface area contributed by atoms with Crippen LogP contribution in [0.1, 0.15) is 33.1 Å². The molecule has 1 aliphatic rings. The molecule has 1 saturated heterocycles. The summed E-state index contributed by atoms with van der Waals surface area (Å²) in [5, 5.41) is 2.51. The van der Waals surface area contributed by atoms with Gasteiger partial charge in [-0.3, -0.25) is 9.59 Å². The SMILES string of the molecule is CC1NC(=O)CC(C)N(CCCC(F)(F)F)C1=O. The molecule has 0 spiro atoms. The molecule has 0 radical (unpaired) electrons. The molecule has 7 heteroatoms. The normalized spacial score (nSPS) is 25.9. The van der Waals surface area contributed by atoms with Crippen LogP contribution in [0.5, 0.6) is 0 Å². The van der Waals surface area contributed by atoms with E-state index in [0.717, 1.165) is 0 Å². The van der Waals surface area contributed by atoms with Crippen LogP contribution < -0.4 is 5.32 Å². The molecule has 4 nitrogen and oxygen atoms in total. The van der Waals surface area contributed by atoms with Gasteiger partial charge in [0.05, 0.1) is 0 Å². The standard InChI is InChI=1S/C11H17F3N2O2/c1-7-6-9(17)15-8(2)10(18)16(7)5-3-4-11(12,13)14/h7-8H,3-6H2,1-2H3,(H,15,17). The molecule has 1 aliphatic heterocycles. The van der Waals surface area contributed by atoms with Gasteiger partial charge in [0.25, 0.3) is 0 Å². The maximum absolute atomic E-state index is 12.1. The smallest absolute Gasteiger partial charge is 0.345 e. The number of halogens is 3. The zero-order valence-electron chi connectivity index (χ0n) is 10.4. The molecule has 1 rings (SSSR count). The second kappa shape index (κ2) is 5.58. The van der Waals surface area contributed by atoms with E-state index in [1.165, 1.54) is 11.8 Å². The van der Waals surface area contributed by atoms with Crippen molar-refractivity contribution in [3.8, 4) is 0 Å². The Hall–Kier alpha value is -1.27. The van der Waals surface area contributed by atoms with E-state index >= 15 is 0 Å². The molecule has 0 saturated carbocycles. The third-order valence-corrected chi connectivity index (χ3v) is 2.90. The fraction of sp³-hybridized carbons (Fsp3) is 0.818. The summed E-state index contributed by atoms with van der Waals surface area (Å²) in [4.78, 5) is 24.6. The summed E-state index contributed by atoms with van der Waals surface area (Å²) in [7, 11) is 0. The molecule has 18 heavy (non-hydrogen) atoms. The summed E-state index contributed by atoms with van der Waals surface area (Å²) in [5.41, 5.74) is 0. The zero-order chi connectivity index (χ0) is 13.9. The van der Waals surface area contributed by atoms with Gasteiger partial charge in [-0.15, -0.1) is 0 Å². The van der Waals surface area contributed by atoms with Crippen molar-refractivity contribution >= 4 is 11.8 Å². The number of nitrogens with zero attached hydrogens (tertiary/aromatic N) is 1. The van der Waals surface area contributed by atoms with E-state index in [9.17, 15) is 22.8 Å². The third kappa shape index (κ3) is 4.19. The first kappa shape index (κ1) is 14.8. The molecule has 1 N–H and O–H groups in total. The van der Waals surface area contributed by atoms with Crippen LogP contribution in [0.4, 0.5) is 13.2 Å². The quantitative estimate of drug-likeness (QED) is 0.840.